The lowest BCUT2D eigenvalue weighted by Crippen LogP contribution is -2.30. The van der Waals surface area contributed by atoms with E-state index in [9.17, 15) is 0 Å². The molecule has 1 fully saturated rings. The molecule has 1 N–H and O–H groups in total. The fourth-order valence-electron chi connectivity index (χ4n) is 1.88. The minimum atomic E-state index is 0.629. The minimum Gasteiger partial charge on any atom is -0.316 e. The maximum absolute atomic E-state index is 4.24. The van der Waals surface area contributed by atoms with Crippen molar-refractivity contribution in [1.82, 2.24) is 15.3 Å². The Kier molecular flexibility index (Phi) is 3.37. The Hall–Kier alpha value is -0.610. The normalized spacial score (nSPS) is 26.6. The quantitative estimate of drug-likeness (QED) is 0.769. The van der Waals surface area contributed by atoms with E-state index in [0.29, 0.717) is 11.3 Å². The van der Waals surface area contributed by atoms with Crippen LogP contribution < -0.4 is 5.32 Å². The van der Waals surface area contributed by atoms with Crippen molar-refractivity contribution in [2.75, 3.05) is 7.05 Å². The van der Waals surface area contributed by atoms with Crippen LogP contribution in [0.2, 0.25) is 0 Å². The summed E-state index contributed by atoms with van der Waals surface area (Å²) in [6.07, 6.45) is 7.47. The van der Waals surface area contributed by atoms with Gasteiger partial charge in [0.1, 0.15) is 0 Å². The van der Waals surface area contributed by atoms with Gasteiger partial charge in [-0.05, 0) is 26.0 Å². The van der Waals surface area contributed by atoms with Gasteiger partial charge in [0.15, 0.2) is 5.16 Å². The van der Waals surface area contributed by atoms with Gasteiger partial charge >= 0.3 is 0 Å². The van der Waals surface area contributed by atoms with Crippen LogP contribution >= 0.6 is 11.8 Å². The van der Waals surface area contributed by atoms with Gasteiger partial charge in [0, 0.05) is 23.7 Å². The Morgan fingerprint density at radius 3 is 2.86 bits per heavy atom. The van der Waals surface area contributed by atoms with Gasteiger partial charge in [0.25, 0.3) is 0 Å². The maximum atomic E-state index is 4.24. The lowest BCUT2D eigenvalue weighted by atomic mass is 10.2. The summed E-state index contributed by atoms with van der Waals surface area (Å²) in [6.45, 7) is 0. The Morgan fingerprint density at radius 1 is 1.36 bits per heavy atom. The van der Waals surface area contributed by atoms with E-state index in [1.807, 2.05) is 13.1 Å². The van der Waals surface area contributed by atoms with Crippen LogP contribution in [0.1, 0.15) is 19.3 Å². The topological polar surface area (TPSA) is 37.8 Å². The van der Waals surface area contributed by atoms with Gasteiger partial charge in [-0.25, -0.2) is 9.97 Å². The summed E-state index contributed by atoms with van der Waals surface area (Å²) in [4.78, 5) is 8.47. The van der Waals surface area contributed by atoms with E-state index in [1.165, 1.54) is 19.3 Å². The highest BCUT2D eigenvalue weighted by Crippen LogP contribution is 2.32. The first-order valence-corrected chi connectivity index (χ1v) is 5.89. The lowest BCUT2D eigenvalue weighted by molar-refractivity contribution is 0.591. The molecule has 1 heterocycles. The fourth-order valence-corrected chi connectivity index (χ4v) is 3.11. The fraction of sp³-hybridized carbons (Fsp3) is 0.600. The molecule has 1 aliphatic rings. The zero-order valence-electron chi connectivity index (χ0n) is 8.31. The standard InChI is InChI=1S/C10H15N3S/c1-11-8-4-2-5-9(8)14-10-12-6-3-7-13-10/h3,6-9,11H,2,4-5H2,1H3. The van der Waals surface area contributed by atoms with E-state index in [1.54, 1.807) is 24.2 Å². The van der Waals surface area contributed by atoms with Crippen LogP contribution in [0.3, 0.4) is 0 Å². The summed E-state index contributed by atoms with van der Waals surface area (Å²) >= 11 is 1.80. The van der Waals surface area contributed by atoms with Gasteiger partial charge in [-0.3, -0.25) is 0 Å². The highest BCUT2D eigenvalue weighted by molar-refractivity contribution is 7.99. The average molecular weight is 209 g/mol. The number of rotatable bonds is 3. The first kappa shape index (κ1) is 9.93. The highest BCUT2D eigenvalue weighted by Gasteiger charge is 2.27. The lowest BCUT2D eigenvalue weighted by Gasteiger charge is -2.16. The van der Waals surface area contributed by atoms with E-state index >= 15 is 0 Å². The summed E-state index contributed by atoms with van der Waals surface area (Å²) in [5.74, 6) is 0. The number of thioether (sulfide) groups is 1. The highest BCUT2D eigenvalue weighted by atomic mass is 32.2. The SMILES string of the molecule is CNC1CCCC1Sc1ncccn1. The van der Waals surface area contributed by atoms with E-state index < -0.39 is 0 Å². The predicted molar refractivity (Wildman–Crippen MR) is 58.4 cm³/mol. The van der Waals surface area contributed by atoms with Crippen LogP contribution in [0, 0.1) is 0 Å². The van der Waals surface area contributed by atoms with Crippen LogP contribution in [-0.4, -0.2) is 28.3 Å². The van der Waals surface area contributed by atoms with E-state index in [0.717, 1.165) is 5.16 Å². The van der Waals surface area contributed by atoms with Gasteiger partial charge in [-0.2, -0.15) is 0 Å². The molecule has 0 aliphatic heterocycles. The largest absolute Gasteiger partial charge is 0.316 e. The van der Waals surface area contributed by atoms with Crippen molar-refractivity contribution in [3.63, 3.8) is 0 Å². The van der Waals surface area contributed by atoms with Crippen molar-refractivity contribution >= 4 is 11.8 Å². The molecular weight excluding hydrogens is 194 g/mol. The maximum Gasteiger partial charge on any atom is 0.187 e. The molecule has 0 amide bonds. The van der Waals surface area contributed by atoms with Crippen molar-refractivity contribution in [3.05, 3.63) is 18.5 Å². The summed E-state index contributed by atoms with van der Waals surface area (Å²) in [6, 6.07) is 2.48. The van der Waals surface area contributed by atoms with Crippen molar-refractivity contribution in [2.24, 2.45) is 0 Å². The number of nitrogens with one attached hydrogen (secondary N) is 1. The van der Waals surface area contributed by atoms with E-state index in [4.69, 9.17) is 0 Å². The molecule has 76 valence electrons. The molecule has 2 atom stereocenters. The Bertz CT molecular complexity index is 278. The molecule has 1 aromatic heterocycles. The smallest absolute Gasteiger partial charge is 0.187 e. The second-order valence-corrected chi connectivity index (χ2v) is 4.72. The molecule has 1 saturated carbocycles. The Morgan fingerprint density at radius 2 is 2.14 bits per heavy atom. The van der Waals surface area contributed by atoms with Crippen LogP contribution in [0.4, 0.5) is 0 Å². The third-order valence-electron chi connectivity index (χ3n) is 2.62. The predicted octanol–water partition coefficient (Wildman–Crippen LogP) is 1.71. The van der Waals surface area contributed by atoms with Gasteiger partial charge in [0.05, 0.1) is 0 Å². The summed E-state index contributed by atoms with van der Waals surface area (Å²) in [5, 5.41) is 4.90. The summed E-state index contributed by atoms with van der Waals surface area (Å²) in [5.41, 5.74) is 0. The first-order valence-electron chi connectivity index (χ1n) is 5.01. The van der Waals surface area contributed by atoms with E-state index in [-0.39, 0.29) is 0 Å². The van der Waals surface area contributed by atoms with Crippen LogP contribution in [0.15, 0.2) is 23.6 Å². The van der Waals surface area contributed by atoms with Gasteiger partial charge in [0.2, 0.25) is 0 Å². The van der Waals surface area contributed by atoms with Crippen molar-refractivity contribution in [3.8, 4) is 0 Å². The zero-order chi connectivity index (χ0) is 9.80. The van der Waals surface area contributed by atoms with Crippen molar-refractivity contribution in [1.29, 1.82) is 0 Å². The molecule has 1 aromatic rings. The molecule has 0 bridgehead atoms. The molecule has 0 aromatic carbocycles. The molecule has 14 heavy (non-hydrogen) atoms. The molecule has 1 aliphatic carbocycles. The molecule has 2 rings (SSSR count). The first-order chi connectivity index (χ1) is 6.90. The number of nitrogens with zero attached hydrogens (tertiary/aromatic N) is 2. The minimum absolute atomic E-state index is 0.629. The second-order valence-electron chi connectivity index (χ2n) is 3.51. The molecule has 2 unspecified atom stereocenters. The number of hydrogen-bond acceptors (Lipinski definition) is 4. The van der Waals surface area contributed by atoms with Gasteiger partial charge in [-0.1, -0.05) is 18.2 Å². The molecule has 0 saturated heterocycles. The summed E-state index contributed by atoms with van der Waals surface area (Å²) in [7, 11) is 2.04. The zero-order valence-corrected chi connectivity index (χ0v) is 9.13. The second kappa shape index (κ2) is 4.75. The van der Waals surface area contributed by atoms with Gasteiger partial charge < -0.3 is 5.32 Å². The molecular formula is C10H15N3S. The number of hydrogen-bond donors (Lipinski definition) is 1. The molecule has 0 spiro atoms. The van der Waals surface area contributed by atoms with Crippen LogP contribution in [0.25, 0.3) is 0 Å². The van der Waals surface area contributed by atoms with Crippen molar-refractivity contribution in [2.45, 2.75) is 35.7 Å². The molecule has 3 nitrogen and oxygen atoms in total. The third kappa shape index (κ3) is 2.25. The number of aromatic nitrogens is 2. The average Bonchev–Trinajstić information content (AvgIpc) is 2.67. The Balaban J connectivity index is 1.97. The van der Waals surface area contributed by atoms with Crippen LogP contribution in [0.5, 0.6) is 0 Å². The monoisotopic (exact) mass is 209 g/mol. The Labute approximate surface area is 88.7 Å². The van der Waals surface area contributed by atoms with Crippen molar-refractivity contribution < 1.29 is 0 Å². The van der Waals surface area contributed by atoms with E-state index in [2.05, 4.69) is 15.3 Å². The summed E-state index contributed by atoms with van der Waals surface area (Å²) < 4.78 is 0. The molecule has 4 heteroatoms. The molecule has 0 radical (unpaired) electrons. The van der Waals surface area contributed by atoms with Gasteiger partial charge in [-0.15, -0.1) is 0 Å². The third-order valence-corrected chi connectivity index (χ3v) is 3.91. The van der Waals surface area contributed by atoms with Crippen LogP contribution in [-0.2, 0) is 0 Å².